The van der Waals surface area contributed by atoms with E-state index in [1.807, 2.05) is 11.3 Å². The Hall–Kier alpha value is 0.490. The van der Waals surface area contributed by atoms with Crippen LogP contribution in [0.25, 0.3) is 0 Å². The molecule has 0 bridgehead atoms. The molecule has 16 heavy (non-hydrogen) atoms. The highest BCUT2D eigenvalue weighted by atomic mass is 79.9. The van der Waals surface area contributed by atoms with E-state index in [1.165, 1.54) is 27.9 Å². The van der Waals surface area contributed by atoms with Gasteiger partial charge in [-0.2, -0.15) is 11.8 Å². The van der Waals surface area contributed by atoms with Crippen molar-refractivity contribution in [2.24, 2.45) is 0 Å². The summed E-state index contributed by atoms with van der Waals surface area (Å²) in [5.74, 6) is 1.31. The first kappa shape index (κ1) is 12.9. The largest absolute Gasteiger partial charge is 0.308 e. The van der Waals surface area contributed by atoms with Gasteiger partial charge < -0.3 is 5.32 Å². The van der Waals surface area contributed by atoms with Gasteiger partial charge in [0.05, 0.1) is 6.04 Å². The number of nitrogens with one attached hydrogen (secondary N) is 1. The normalized spacial score (nSPS) is 27.2. The highest BCUT2D eigenvalue weighted by Gasteiger charge is 2.39. The molecule has 1 nitrogen and oxygen atoms in total. The lowest BCUT2D eigenvalue weighted by Gasteiger charge is -2.33. The first-order valence-electron chi connectivity index (χ1n) is 5.77. The summed E-state index contributed by atoms with van der Waals surface area (Å²) in [5.41, 5.74) is 0. The Balaban J connectivity index is 2.26. The van der Waals surface area contributed by atoms with E-state index >= 15 is 0 Å². The van der Waals surface area contributed by atoms with Gasteiger partial charge in [-0.15, -0.1) is 11.3 Å². The van der Waals surface area contributed by atoms with Crippen molar-refractivity contribution in [1.82, 2.24) is 5.32 Å². The molecule has 1 aliphatic heterocycles. The van der Waals surface area contributed by atoms with Gasteiger partial charge >= 0.3 is 0 Å². The number of hydrogen-bond acceptors (Lipinski definition) is 3. The van der Waals surface area contributed by atoms with Gasteiger partial charge in [0.1, 0.15) is 0 Å². The fourth-order valence-corrected chi connectivity index (χ4v) is 5.64. The summed E-state index contributed by atoms with van der Waals surface area (Å²) in [6.07, 6.45) is 2.67. The summed E-state index contributed by atoms with van der Waals surface area (Å²) >= 11 is 7.65. The molecule has 0 aromatic carbocycles. The Labute approximate surface area is 115 Å². The maximum atomic E-state index is 3.67. The fraction of sp³-hybridized carbons (Fsp3) is 0.667. The van der Waals surface area contributed by atoms with Crippen LogP contribution in [0.4, 0.5) is 0 Å². The molecule has 0 spiro atoms. The Morgan fingerprint density at radius 1 is 1.62 bits per heavy atom. The molecule has 1 aromatic heterocycles. The smallest absolute Gasteiger partial charge is 0.0572 e. The van der Waals surface area contributed by atoms with Crippen molar-refractivity contribution < 1.29 is 0 Å². The van der Waals surface area contributed by atoms with Crippen LogP contribution in [0.2, 0.25) is 0 Å². The summed E-state index contributed by atoms with van der Waals surface area (Å²) in [6.45, 7) is 5.63. The quantitative estimate of drug-likeness (QED) is 0.880. The average Bonchev–Trinajstić information content (AvgIpc) is 2.85. The summed E-state index contributed by atoms with van der Waals surface area (Å²) in [6, 6.07) is 2.65. The van der Waals surface area contributed by atoms with Crippen LogP contribution in [-0.2, 0) is 0 Å². The molecule has 2 unspecified atom stereocenters. The molecule has 0 radical (unpaired) electrons. The van der Waals surface area contributed by atoms with Gasteiger partial charge in [-0.25, -0.2) is 0 Å². The third-order valence-corrected chi connectivity index (χ3v) is 6.70. The fourth-order valence-electron chi connectivity index (χ4n) is 2.33. The average molecular weight is 320 g/mol. The number of halogens is 1. The number of thioether (sulfide) groups is 1. The lowest BCUT2D eigenvalue weighted by atomic mass is 9.95. The van der Waals surface area contributed by atoms with E-state index in [0.717, 1.165) is 6.54 Å². The molecule has 1 aromatic rings. The Morgan fingerprint density at radius 3 is 2.94 bits per heavy atom. The van der Waals surface area contributed by atoms with Gasteiger partial charge in [0.25, 0.3) is 0 Å². The van der Waals surface area contributed by atoms with Crippen molar-refractivity contribution >= 4 is 39.0 Å². The van der Waals surface area contributed by atoms with Crippen molar-refractivity contribution in [3.8, 4) is 0 Å². The third-order valence-electron chi connectivity index (χ3n) is 3.18. The number of rotatable bonds is 4. The molecule has 0 amide bonds. The minimum atomic E-state index is 0.364. The molecule has 1 saturated heterocycles. The summed E-state index contributed by atoms with van der Waals surface area (Å²) < 4.78 is 1.63. The van der Waals surface area contributed by atoms with E-state index in [4.69, 9.17) is 0 Å². The van der Waals surface area contributed by atoms with E-state index in [-0.39, 0.29) is 0 Å². The Bertz CT molecular complexity index is 345. The minimum absolute atomic E-state index is 0.364. The van der Waals surface area contributed by atoms with Crippen LogP contribution in [0, 0.1) is 0 Å². The van der Waals surface area contributed by atoms with E-state index in [1.54, 1.807) is 0 Å². The highest BCUT2D eigenvalue weighted by Crippen LogP contribution is 2.48. The van der Waals surface area contributed by atoms with Crippen LogP contribution in [-0.4, -0.2) is 17.0 Å². The second kappa shape index (κ2) is 5.42. The predicted molar refractivity (Wildman–Crippen MR) is 78.5 cm³/mol. The summed E-state index contributed by atoms with van der Waals surface area (Å²) in [4.78, 5) is 1.46. The van der Waals surface area contributed by atoms with E-state index in [2.05, 4.69) is 58.3 Å². The zero-order valence-electron chi connectivity index (χ0n) is 9.75. The molecule has 2 heterocycles. The van der Waals surface area contributed by atoms with Crippen LogP contribution < -0.4 is 5.32 Å². The van der Waals surface area contributed by atoms with Crippen LogP contribution in [0.3, 0.4) is 0 Å². The topological polar surface area (TPSA) is 12.0 Å². The maximum absolute atomic E-state index is 3.67. The van der Waals surface area contributed by atoms with E-state index in [0.29, 0.717) is 10.8 Å². The zero-order valence-corrected chi connectivity index (χ0v) is 13.0. The summed E-state index contributed by atoms with van der Waals surface area (Å²) in [5, 5.41) is 5.84. The van der Waals surface area contributed by atoms with Gasteiger partial charge in [-0.3, -0.25) is 0 Å². The van der Waals surface area contributed by atoms with Crippen LogP contribution in [0.15, 0.2) is 15.9 Å². The van der Waals surface area contributed by atoms with Gasteiger partial charge in [-0.05, 0) is 59.4 Å². The van der Waals surface area contributed by atoms with Crippen molar-refractivity contribution in [1.29, 1.82) is 0 Å². The van der Waals surface area contributed by atoms with Crippen molar-refractivity contribution in [3.05, 3.63) is 20.8 Å². The SMILES string of the molecule is CCNC(c1sccc1Br)C1(C)CCCS1. The molecular weight excluding hydrogens is 302 g/mol. The first-order chi connectivity index (χ1) is 7.67. The molecule has 4 heteroatoms. The van der Waals surface area contributed by atoms with Crippen molar-refractivity contribution in [3.63, 3.8) is 0 Å². The van der Waals surface area contributed by atoms with Crippen LogP contribution in [0.1, 0.15) is 37.6 Å². The Morgan fingerprint density at radius 2 is 2.44 bits per heavy atom. The molecule has 0 aliphatic carbocycles. The minimum Gasteiger partial charge on any atom is -0.308 e. The molecule has 1 aliphatic rings. The molecular formula is C12H18BrNS2. The van der Waals surface area contributed by atoms with Gasteiger partial charge in [0.15, 0.2) is 0 Å². The Kier molecular flexibility index (Phi) is 4.38. The second-order valence-electron chi connectivity index (χ2n) is 4.39. The van der Waals surface area contributed by atoms with Crippen molar-refractivity contribution in [2.75, 3.05) is 12.3 Å². The van der Waals surface area contributed by atoms with E-state index < -0.39 is 0 Å². The van der Waals surface area contributed by atoms with Gasteiger partial charge in [0, 0.05) is 14.1 Å². The van der Waals surface area contributed by atoms with E-state index in [9.17, 15) is 0 Å². The standard InChI is InChI=1S/C12H18BrNS2/c1-3-14-11(10-9(13)5-8-15-10)12(2)6-4-7-16-12/h5,8,11,14H,3-4,6-7H2,1-2H3. The zero-order chi connectivity index (χ0) is 11.6. The van der Waals surface area contributed by atoms with Crippen LogP contribution in [0.5, 0.6) is 0 Å². The number of thiophene rings is 1. The molecule has 90 valence electrons. The van der Waals surface area contributed by atoms with Crippen molar-refractivity contribution in [2.45, 2.75) is 37.5 Å². The first-order valence-corrected chi connectivity index (χ1v) is 8.43. The summed E-state index contributed by atoms with van der Waals surface area (Å²) in [7, 11) is 0. The predicted octanol–water partition coefficient (Wildman–Crippen LogP) is 4.45. The molecule has 2 atom stereocenters. The number of hydrogen-bond donors (Lipinski definition) is 1. The lowest BCUT2D eigenvalue weighted by Crippen LogP contribution is -2.37. The molecule has 1 fully saturated rings. The second-order valence-corrected chi connectivity index (χ2v) is 7.82. The molecule has 1 N–H and O–H groups in total. The van der Waals surface area contributed by atoms with Gasteiger partial charge in [-0.1, -0.05) is 6.92 Å². The van der Waals surface area contributed by atoms with Crippen LogP contribution >= 0.6 is 39.0 Å². The third kappa shape index (κ3) is 2.50. The molecule has 2 rings (SSSR count). The highest BCUT2D eigenvalue weighted by molar-refractivity contribution is 9.10. The maximum Gasteiger partial charge on any atom is 0.0572 e. The monoisotopic (exact) mass is 319 g/mol. The molecule has 0 saturated carbocycles. The lowest BCUT2D eigenvalue weighted by molar-refractivity contribution is 0.426. The van der Waals surface area contributed by atoms with Gasteiger partial charge in [0.2, 0.25) is 0 Å².